The number of carbonyl (C=O) groups excluding carboxylic acids is 1. The van der Waals surface area contributed by atoms with Crippen molar-refractivity contribution in [2.75, 3.05) is 5.32 Å². The molecule has 0 spiro atoms. The lowest BCUT2D eigenvalue weighted by Gasteiger charge is -2.12. The zero-order chi connectivity index (χ0) is 19.4. The van der Waals surface area contributed by atoms with Gasteiger partial charge in [0.25, 0.3) is 5.89 Å². The SMILES string of the molecule is CC[C@@H](C)NC(=O)Nc1cccc(-c2noc(-c3ccc(C)cc3C)n2)c1. The largest absolute Gasteiger partial charge is 0.335 e. The molecule has 2 aromatic carbocycles. The number of urea groups is 1. The van der Waals surface area contributed by atoms with Crippen LogP contribution < -0.4 is 10.6 Å². The standard InChI is InChI=1S/C21H24N4O2/c1-5-15(4)22-21(26)23-17-8-6-7-16(12-17)19-24-20(27-25-19)18-10-9-13(2)11-14(18)3/h6-12,15H,5H2,1-4H3,(H2,22,23,26)/t15-/m1/s1. The molecular weight excluding hydrogens is 340 g/mol. The van der Waals surface area contributed by atoms with Gasteiger partial charge in [-0.05, 0) is 51.0 Å². The van der Waals surface area contributed by atoms with Crippen molar-refractivity contribution in [1.29, 1.82) is 0 Å². The first kappa shape index (κ1) is 18.6. The fraction of sp³-hybridized carbons (Fsp3) is 0.286. The van der Waals surface area contributed by atoms with Crippen molar-refractivity contribution in [1.82, 2.24) is 15.5 Å². The van der Waals surface area contributed by atoms with Crippen LogP contribution in [0.1, 0.15) is 31.4 Å². The zero-order valence-electron chi connectivity index (χ0n) is 16.0. The number of anilines is 1. The number of amides is 2. The number of nitrogens with one attached hydrogen (secondary N) is 2. The Hall–Kier alpha value is -3.15. The lowest BCUT2D eigenvalue weighted by Crippen LogP contribution is -2.35. The molecule has 1 atom stereocenters. The van der Waals surface area contributed by atoms with Crippen molar-refractivity contribution in [3.8, 4) is 22.8 Å². The molecule has 2 N–H and O–H groups in total. The summed E-state index contributed by atoms with van der Waals surface area (Å²) in [5.74, 6) is 0.964. The molecule has 140 valence electrons. The third kappa shape index (κ3) is 4.53. The monoisotopic (exact) mass is 364 g/mol. The maximum Gasteiger partial charge on any atom is 0.319 e. The quantitative estimate of drug-likeness (QED) is 0.672. The molecule has 0 radical (unpaired) electrons. The summed E-state index contributed by atoms with van der Waals surface area (Å²) in [4.78, 5) is 16.5. The van der Waals surface area contributed by atoms with Crippen LogP contribution in [0.5, 0.6) is 0 Å². The van der Waals surface area contributed by atoms with Crippen molar-refractivity contribution in [3.63, 3.8) is 0 Å². The van der Waals surface area contributed by atoms with Gasteiger partial charge in [-0.2, -0.15) is 4.98 Å². The number of hydrogen-bond donors (Lipinski definition) is 2. The molecule has 3 aromatic rings. The summed E-state index contributed by atoms with van der Waals surface area (Å²) in [6.45, 7) is 8.05. The normalized spacial score (nSPS) is 11.9. The molecule has 0 aliphatic heterocycles. The summed E-state index contributed by atoms with van der Waals surface area (Å²) in [5.41, 5.74) is 4.64. The maximum atomic E-state index is 12.0. The highest BCUT2D eigenvalue weighted by Crippen LogP contribution is 2.26. The van der Waals surface area contributed by atoms with Crippen LogP contribution in [-0.2, 0) is 0 Å². The van der Waals surface area contributed by atoms with Gasteiger partial charge in [0, 0.05) is 22.9 Å². The summed E-state index contributed by atoms with van der Waals surface area (Å²) in [6.07, 6.45) is 0.873. The average molecular weight is 364 g/mol. The Morgan fingerprint density at radius 2 is 2.00 bits per heavy atom. The van der Waals surface area contributed by atoms with E-state index in [1.54, 1.807) is 0 Å². The van der Waals surface area contributed by atoms with E-state index in [1.807, 2.05) is 64.1 Å². The number of nitrogens with zero attached hydrogens (tertiary/aromatic N) is 2. The first-order chi connectivity index (χ1) is 13.0. The molecule has 1 heterocycles. The summed E-state index contributed by atoms with van der Waals surface area (Å²) < 4.78 is 5.45. The van der Waals surface area contributed by atoms with Crippen LogP contribution in [0.25, 0.3) is 22.8 Å². The fourth-order valence-electron chi connectivity index (χ4n) is 2.73. The van der Waals surface area contributed by atoms with Crippen LogP contribution in [0, 0.1) is 13.8 Å². The summed E-state index contributed by atoms with van der Waals surface area (Å²) in [7, 11) is 0. The predicted molar refractivity (Wildman–Crippen MR) is 107 cm³/mol. The van der Waals surface area contributed by atoms with E-state index in [9.17, 15) is 4.79 Å². The molecule has 27 heavy (non-hydrogen) atoms. The number of benzene rings is 2. The minimum atomic E-state index is -0.231. The number of carbonyl (C=O) groups is 1. The number of aromatic nitrogens is 2. The molecule has 3 rings (SSSR count). The Morgan fingerprint density at radius 3 is 2.74 bits per heavy atom. The van der Waals surface area contributed by atoms with Crippen molar-refractivity contribution in [2.45, 2.75) is 40.2 Å². The molecule has 6 nitrogen and oxygen atoms in total. The van der Waals surface area contributed by atoms with Crippen molar-refractivity contribution in [2.24, 2.45) is 0 Å². The van der Waals surface area contributed by atoms with E-state index in [4.69, 9.17) is 4.52 Å². The Kier molecular flexibility index (Phi) is 5.54. The van der Waals surface area contributed by atoms with Gasteiger partial charge >= 0.3 is 6.03 Å². The fourth-order valence-corrected chi connectivity index (χ4v) is 2.73. The first-order valence-corrected chi connectivity index (χ1v) is 9.05. The van der Waals surface area contributed by atoms with Crippen LogP contribution in [0.15, 0.2) is 47.0 Å². The third-order valence-corrected chi connectivity index (χ3v) is 4.41. The van der Waals surface area contributed by atoms with Crippen LogP contribution in [0.3, 0.4) is 0 Å². The van der Waals surface area contributed by atoms with Gasteiger partial charge in [0.1, 0.15) is 0 Å². The second-order valence-corrected chi connectivity index (χ2v) is 6.73. The molecule has 0 saturated carbocycles. The number of rotatable bonds is 5. The van der Waals surface area contributed by atoms with E-state index in [2.05, 4.69) is 26.8 Å². The van der Waals surface area contributed by atoms with Crippen molar-refractivity contribution in [3.05, 3.63) is 53.6 Å². The molecule has 0 bridgehead atoms. The molecule has 1 aromatic heterocycles. The maximum absolute atomic E-state index is 12.0. The summed E-state index contributed by atoms with van der Waals surface area (Å²) in [6, 6.07) is 13.4. The lowest BCUT2D eigenvalue weighted by atomic mass is 10.1. The molecule has 0 unspecified atom stereocenters. The van der Waals surface area contributed by atoms with Crippen molar-refractivity contribution >= 4 is 11.7 Å². The predicted octanol–water partition coefficient (Wildman–Crippen LogP) is 4.94. The van der Waals surface area contributed by atoms with E-state index >= 15 is 0 Å². The molecule has 0 fully saturated rings. The minimum Gasteiger partial charge on any atom is -0.335 e. The van der Waals surface area contributed by atoms with Gasteiger partial charge in [-0.25, -0.2) is 4.79 Å². The van der Waals surface area contributed by atoms with Gasteiger partial charge in [-0.3, -0.25) is 0 Å². The summed E-state index contributed by atoms with van der Waals surface area (Å²) >= 11 is 0. The second kappa shape index (κ2) is 8.03. The topological polar surface area (TPSA) is 80.0 Å². The van der Waals surface area contributed by atoms with Gasteiger partial charge in [-0.15, -0.1) is 0 Å². The van der Waals surface area contributed by atoms with E-state index in [-0.39, 0.29) is 12.1 Å². The van der Waals surface area contributed by atoms with Crippen LogP contribution in [-0.4, -0.2) is 22.2 Å². The van der Waals surface area contributed by atoms with Crippen LogP contribution in [0.4, 0.5) is 10.5 Å². The molecule has 6 heteroatoms. The summed E-state index contributed by atoms with van der Waals surface area (Å²) in [5, 5.41) is 9.80. The van der Waals surface area contributed by atoms with E-state index in [1.165, 1.54) is 5.56 Å². The van der Waals surface area contributed by atoms with Gasteiger partial charge < -0.3 is 15.2 Å². The molecule has 0 aliphatic rings. The molecule has 0 aliphatic carbocycles. The minimum absolute atomic E-state index is 0.116. The highest BCUT2D eigenvalue weighted by Gasteiger charge is 2.13. The molecule has 2 amide bonds. The van der Waals surface area contributed by atoms with Gasteiger partial charge in [0.05, 0.1) is 0 Å². The Labute approximate surface area is 159 Å². The first-order valence-electron chi connectivity index (χ1n) is 9.05. The average Bonchev–Trinajstić information content (AvgIpc) is 3.11. The number of hydrogen-bond acceptors (Lipinski definition) is 4. The van der Waals surface area contributed by atoms with Crippen molar-refractivity contribution < 1.29 is 9.32 Å². The van der Waals surface area contributed by atoms with Crippen LogP contribution in [0.2, 0.25) is 0 Å². The van der Waals surface area contributed by atoms with Crippen LogP contribution >= 0.6 is 0 Å². The Bertz CT molecular complexity index is 949. The highest BCUT2D eigenvalue weighted by atomic mass is 16.5. The Balaban J connectivity index is 1.79. The lowest BCUT2D eigenvalue weighted by molar-refractivity contribution is 0.249. The van der Waals surface area contributed by atoms with Gasteiger partial charge in [0.2, 0.25) is 5.82 Å². The van der Waals surface area contributed by atoms with E-state index < -0.39 is 0 Å². The number of aryl methyl sites for hydroxylation is 2. The molecular formula is C21H24N4O2. The van der Waals surface area contributed by atoms with E-state index in [0.29, 0.717) is 17.4 Å². The zero-order valence-corrected chi connectivity index (χ0v) is 16.0. The third-order valence-electron chi connectivity index (χ3n) is 4.41. The van der Waals surface area contributed by atoms with Gasteiger partial charge in [-0.1, -0.05) is 41.9 Å². The Morgan fingerprint density at radius 1 is 1.19 bits per heavy atom. The van der Waals surface area contributed by atoms with Gasteiger partial charge in [0.15, 0.2) is 0 Å². The smallest absolute Gasteiger partial charge is 0.319 e. The second-order valence-electron chi connectivity index (χ2n) is 6.73. The highest BCUT2D eigenvalue weighted by molar-refractivity contribution is 5.90. The molecule has 0 saturated heterocycles. The van der Waals surface area contributed by atoms with E-state index in [0.717, 1.165) is 23.1 Å².